The smallest absolute Gasteiger partial charge is 0.406 e. The molecular formula is C9H10N2O3. The molecule has 0 spiro atoms. The Bertz CT molecular complexity index is 339. The number of hydrogen-bond donors (Lipinski definition) is 0. The van der Waals surface area contributed by atoms with Gasteiger partial charge in [0.1, 0.15) is 6.20 Å². The molecule has 5 nitrogen and oxygen atoms in total. The molecular weight excluding hydrogens is 184 g/mol. The van der Waals surface area contributed by atoms with Crippen molar-refractivity contribution in [3.8, 4) is 5.75 Å². The van der Waals surface area contributed by atoms with Gasteiger partial charge in [-0.3, -0.25) is 0 Å². The molecule has 74 valence electrons. The van der Waals surface area contributed by atoms with Gasteiger partial charge in [-0.2, -0.15) is 0 Å². The van der Waals surface area contributed by atoms with Gasteiger partial charge in [0.2, 0.25) is 5.75 Å². The van der Waals surface area contributed by atoms with Crippen LogP contribution in [0.15, 0.2) is 31.0 Å². The topological polar surface area (TPSA) is 65.3 Å². The van der Waals surface area contributed by atoms with Crippen molar-refractivity contribution in [3.05, 3.63) is 41.1 Å². The van der Waals surface area contributed by atoms with Gasteiger partial charge in [-0.25, -0.2) is 0 Å². The number of rotatable bonds is 5. The van der Waals surface area contributed by atoms with Crippen LogP contribution in [0, 0.1) is 10.1 Å². The summed E-state index contributed by atoms with van der Waals surface area (Å²) < 4.78 is 5.16. The van der Waals surface area contributed by atoms with Crippen LogP contribution in [-0.2, 0) is 0 Å². The Balaban J connectivity index is 2.74. The van der Waals surface area contributed by atoms with Crippen LogP contribution in [0.1, 0.15) is 6.42 Å². The molecule has 0 aliphatic carbocycles. The zero-order chi connectivity index (χ0) is 10.4. The SMILES string of the molecule is C=CCCOc1cccnc1[N+](=O)[O-]. The molecule has 0 amide bonds. The summed E-state index contributed by atoms with van der Waals surface area (Å²) in [5, 5.41) is 10.5. The lowest BCUT2D eigenvalue weighted by Crippen LogP contribution is -2.00. The lowest BCUT2D eigenvalue weighted by Gasteiger charge is -2.03. The first-order chi connectivity index (χ1) is 6.75. The Labute approximate surface area is 81.2 Å². The zero-order valence-electron chi connectivity index (χ0n) is 7.55. The molecule has 1 aromatic rings. The van der Waals surface area contributed by atoms with Crippen molar-refractivity contribution in [1.82, 2.24) is 4.98 Å². The monoisotopic (exact) mass is 194 g/mol. The lowest BCUT2D eigenvalue weighted by atomic mass is 10.4. The fourth-order valence-electron chi connectivity index (χ4n) is 0.884. The van der Waals surface area contributed by atoms with Crippen LogP contribution in [0.5, 0.6) is 5.75 Å². The molecule has 0 aliphatic rings. The minimum atomic E-state index is -0.566. The fraction of sp³-hybridized carbons (Fsp3) is 0.222. The van der Waals surface area contributed by atoms with Crippen molar-refractivity contribution < 1.29 is 9.66 Å². The molecule has 0 N–H and O–H groups in total. The van der Waals surface area contributed by atoms with Crippen molar-refractivity contribution in [1.29, 1.82) is 0 Å². The average Bonchev–Trinajstić information content (AvgIpc) is 2.19. The highest BCUT2D eigenvalue weighted by Crippen LogP contribution is 2.22. The van der Waals surface area contributed by atoms with E-state index in [4.69, 9.17) is 4.74 Å². The van der Waals surface area contributed by atoms with Crippen LogP contribution in [0.25, 0.3) is 0 Å². The Morgan fingerprint density at radius 3 is 3.14 bits per heavy atom. The van der Waals surface area contributed by atoms with Gasteiger partial charge < -0.3 is 14.9 Å². The zero-order valence-corrected chi connectivity index (χ0v) is 7.55. The predicted molar refractivity (Wildman–Crippen MR) is 51.2 cm³/mol. The molecule has 0 fully saturated rings. The van der Waals surface area contributed by atoms with Crippen LogP contribution < -0.4 is 4.74 Å². The molecule has 14 heavy (non-hydrogen) atoms. The number of nitrogens with zero attached hydrogens (tertiary/aromatic N) is 2. The average molecular weight is 194 g/mol. The van der Waals surface area contributed by atoms with Gasteiger partial charge in [0, 0.05) is 0 Å². The first-order valence-corrected chi connectivity index (χ1v) is 4.09. The number of nitro groups is 1. The first kappa shape index (κ1) is 10.2. The van der Waals surface area contributed by atoms with Gasteiger partial charge in [0.05, 0.1) is 6.61 Å². The van der Waals surface area contributed by atoms with Crippen molar-refractivity contribution in [2.24, 2.45) is 0 Å². The molecule has 5 heteroatoms. The van der Waals surface area contributed by atoms with Crippen molar-refractivity contribution >= 4 is 5.82 Å². The summed E-state index contributed by atoms with van der Waals surface area (Å²) in [6.07, 6.45) is 3.69. The van der Waals surface area contributed by atoms with Crippen molar-refractivity contribution in [2.45, 2.75) is 6.42 Å². The second-order valence-electron chi connectivity index (χ2n) is 2.51. The highest BCUT2D eigenvalue weighted by atomic mass is 16.6. The van der Waals surface area contributed by atoms with Gasteiger partial charge in [-0.1, -0.05) is 6.08 Å². The molecule has 0 aliphatic heterocycles. The third-order valence-corrected chi connectivity index (χ3v) is 1.50. The minimum absolute atomic E-state index is 0.194. The van der Waals surface area contributed by atoms with Gasteiger partial charge in [0.25, 0.3) is 0 Å². The first-order valence-electron chi connectivity index (χ1n) is 4.09. The van der Waals surface area contributed by atoms with Gasteiger partial charge in [0.15, 0.2) is 0 Å². The van der Waals surface area contributed by atoms with E-state index in [9.17, 15) is 10.1 Å². The molecule has 0 saturated carbocycles. The van der Waals surface area contributed by atoms with Gasteiger partial charge >= 0.3 is 5.82 Å². The molecule has 0 aromatic carbocycles. The highest BCUT2D eigenvalue weighted by molar-refractivity contribution is 5.38. The largest absolute Gasteiger partial charge is 0.485 e. The summed E-state index contributed by atoms with van der Waals surface area (Å²) in [4.78, 5) is 13.5. The number of hydrogen-bond acceptors (Lipinski definition) is 4. The van der Waals surface area contributed by atoms with Crippen molar-refractivity contribution in [2.75, 3.05) is 6.61 Å². The quantitative estimate of drug-likeness (QED) is 0.311. The van der Waals surface area contributed by atoms with E-state index in [0.29, 0.717) is 13.0 Å². The number of ether oxygens (including phenoxy) is 1. The lowest BCUT2D eigenvalue weighted by molar-refractivity contribution is -0.390. The second-order valence-corrected chi connectivity index (χ2v) is 2.51. The molecule has 0 atom stereocenters. The van der Waals surface area contributed by atoms with Crippen LogP contribution in [0.4, 0.5) is 5.82 Å². The van der Waals surface area contributed by atoms with E-state index in [0.717, 1.165) is 0 Å². The maximum absolute atomic E-state index is 10.5. The second kappa shape index (κ2) is 4.96. The summed E-state index contributed by atoms with van der Waals surface area (Å²) in [5.74, 6) is -0.0593. The summed E-state index contributed by atoms with van der Waals surface area (Å²) >= 11 is 0. The highest BCUT2D eigenvalue weighted by Gasteiger charge is 2.14. The summed E-state index contributed by atoms with van der Waals surface area (Å²) in [6, 6.07) is 3.12. The maximum atomic E-state index is 10.5. The van der Waals surface area contributed by atoms with Gasteiger partial charge in [-0.15, -0.1) is 6.58 Å². The van der Waals surface area contributed by atoms with Crippen molar-refractivity contribution in [3.63, 3.8) is 0 Å². The maximum Gasteiger partial charge on any atom is 0.406 e. The van der Waals surface area contributed by atoms with E-state index in [2.05, 4.69) is 11.6 Å². The summed E-state index contributed by atoms with van der Waals surface area (Å²) in [6.45, 7) is 3.89. The third kappa shape index (κ3) is 2.55. The van der Waals surface area contributed by atoms with Gasteiger partial charge in [-0.05, 0) is 28.5 Å². The Morgan fingerprint density at radius 1 is 1.71 bits per heavy atom. The third-order valence-electron chi connectivity index (χ3n) is 1.50. The normalized spacial score (nSPS) is 9.43. The molecule has 0 saturated heterocycles. The molecule has 1 rings (SSSR count). The standard InChI is InChI=1S/C9H10N2O3/c1-2-3-7-14-8-5-4-6-10-9(8)11(12)13/h2,4-6H,1,3,7H2. The molecule has 0 radical (unpaired) electrons. The number of aromatic nitrogens is 1. The minimum Gasteiger partial charge on any atom is -0.485 e. The van der Waals surface area contributed by atoms with E-state index in [1.807, 2.05) is 0 Å². The Hall–Kier alpha value is -1.91. The van der Waals surface area contributed by atoms with E-state index in [1.54, 1.807) is 12.1 Å². The van der Waals surface area contributed by atoms with E-state index in [-0.39, 0.29) is 11.6 Å². The summed E-state index contributed by atoms with van der Waals surface area (Å²) in [5.41, 5.74) is 0. The van der Waals surface area contributed by atoms with E-state index >= 15 is 0 Å². The number of pyridine rings is 1. The van der Waals surface area contributed by atoms with E-state index in [1.165, 1.54) is 12.3 Å². The molecule has 0 unspecified atom stereocenters. The fourth-order valence-corrected chi connectivity index (χ4v) is 0.884. The Morgan fingerprint density at radius 2 is 2.50 bits per heavy atom. The summed E-state index contributed by atoms with van der Waals surface area (Å²) in [7, 11) is 0. The van der Waals surface area contributed by atoms with Crippen LogP contribution in [-0.4, -0.2) is 16.5 Å². The van der Waals surface area contributed by atoms with E-state index < -0.39 is 4.92 Å². The van der Waals surface area contributed by atoms with Crippen LogP contribution >= 0.6 is 0 Å². The van der Waals surface area contributed by atoms with Crippen LogP contribution in [0.3, 0.4) is 0 Å². The molecule has 1 aromatic heterocycles. The molecule has 0 bridgehead atoms. The molecule has 1 heterocycles. The Kier molecular flexibility index (Phi) is 3.60. The predicted octanol–water partition coefficient (Wildman–Crippen LogP) is 1.94. The van der Waals surface area contributed by atoms with Crippen LogP contribution in [0.2, 0.25) is 0 Å².